The fourth-order valence-electron chi connectivity index (χ4n) is 4.68. The maximum Gasteiger partial charge on any atom is 0.356 e. The Bertz CT molecular complexity index is 841. The number of aryl methyl sites for hydroxylation is 1. The van der Waals surface area contributed by atoms with Crippen LogP contribution in [0.3, 0.4) is 0 Å². The number of aromatic nitrogens is 2. The number of ketones is 1. The molecule has 2 aliphatic carbocycles. The molecule has 1 aromatic heterocycles. The predicted octanol–water partition coefficient (Wildman–Crippen LogP) is 2.48. The molecule has 0 radical (unpaired) electrons. The van der Waals surface area contributed by atoms with Gasteiger partial charge in [0.1, 0.15) is 11.8 Å². The smallest absolute Gasteiger partial charge is 0.356 e. The molecule has 1 heterocycles. The number of allylic oxidation sites excluding steroid dienone is 2. The van der Waals surface area contributed by atoms with Gasteiger partial charge in [0.05, 0.1) is 17.9 Å². The Kier molecular flexibility index (Phi) is 3.86. The Morgan fingerprint density at radius 3 is 2.76 bits per heavy atom. The number of carbonyl (C=O) groups is 2. The SMILES string of the molecule is CCOC(=O)c1c2c(nn1C)C1(C)C=C(C#N)C(=O)C(C)(C)C1CC2. The molecule has 2 aliphatic rings. The van der Waals surface area contributed by atoms with E-state index in [2.05, 4.69) is 5.10 Å². The Balaban J connectivity index is 2.23. The number of hydrogen-bond acceptors (Lipinski definition) is 5. The number of nitrogens with zero attached hydrogens (tertiary/aromatic N) is 3. The number of carbonyl (C=O) groups excluding carboxylic acids is 2. The van der Waals surface area contributed by atoms with Gasteiger partial charge in [0, 0.05) is 23.4 Å². The number of rotatable bonds is 2. The first kappa shape index (κ1) is 17.4. The van der Waals surface area contributed by atoms with Gasteiger partial charge in [-0.3, -0.25) is 9.48 Å². The van der Waals surface area contributed by atoms with Crippen LogP contribution >= 0.6 is 0 Å². The molecule has 0 amide bonds. The van der Waals surface area contributed by atoms with E-state index in [9.17, 15) is 14.9 Å². The summed E-state index contributed by atoms with van der Waals surface area (Å²) in [5.74, 6) is -0.457. The number of esters is 1. The molecule has 2 atom stereocenters. The van der Waals surface area contributed by atoms with Crippen LogP contribution in [0.4, 0.5) is 0 Å². The average molecular weight is 341 g/mol. The fraction of sp³-hybridized carbons (Fsp3) is 0.579. The second-order valence-electron chi connectivity index (χ2n) is 7.61. The first-order chi connectivity index (χ1) is 11.7. The van der Waals surface area contributed by atoms with Crippen molar-refractivity contribution >= 4 is 11.8 Å². The molecule has 25 heavy (non-hydrogen) atoms. The van der Waals surface area contributed by atoms with Gasteiger partial charge in [-0.1, -0.05) is 26.8 Å². The van der Waals surface area contributed by atoms with Crippen molar-refractivity contribution in [2.45, 2.75) is 46.0 Å². The number of ether oxygens (including phenoxy) is 1. The van der Waals surface area contributed by atoms with Crippen LogP contribution in [0.25, 0.3) is 0 Å². The molecule has 1 aromatic rings. The maximum absolute atomic E-state index is 12.7. The molecule has 6 heteroatoms. The highest BCUT2D eigenvalue weighted by Gasteiger charge is 2.55. The van der Waals surface area contributed by atoms with Crippen LogP contribution in [-0.4, -0.2) is 28.1 Å². The van der Waals surface area contributed by atoms with E-state index in [-0.39, 0.29) is 23.2 Å². The number of fused-ring (bicyclic) bond motifs is 3. The lowest BCUT2D eigenvalue weighted by Crippen LogP contribution is -2.51. The molecule has 0 fully saturated rings. The van der Waals surface area contributed by atoms with Crippen molar-refractivity contribution in [3.8, 4) is 6.07 Å². The van der Waals surface area contributed by atoms with Gasteiger partial charge in [-0.15, -0.1) is 0 Å². The van der Waals surface area contributed by atoms with Gasteiger partial charge < -0.3 is 4.74 Å². The summed E-state index contributed by atoms with van der Waals surface area (Å²) in [7, 11) is 1.73. The molecular weight excluding hydrogens is 318 g/mol. The zero-order chi connectivity index (χ0) is 18.6. The lowest BCUT2D eigenvalue weighted by atomic mass is 9.52. The summed E-state index contributed by atoms with van der Waals surface area (Å²) in [5, 5.41) is 14.0. The maximum atomic E-state index is 12.7. The Morgan fingerprint density at radius 1 is 1.48 bits per heavy atom. The van der Waals surface area contributed by atoms with Gasteiger partial charge in [-0.05, 0) is 25.7 Å². The van der Waals surface area contributed by atoms with Crippen molar-refractivity contribution in [1.29, 1.82) is 5.26 Å². The van der Waals surface area contributed by atoms with Crippen LogP contribution in [0.5, 0.6) is 0 Å². The van der Waals surface area contributed by atoms with E-state index in [1.807, 2.05) is 26.8 Å². The second-order valence-corrected chi connectivity index (χ2v) is 7.61. The van der Waals surface area contributed by atoms with E-state index in [1.165, 1.54) is 0 Å². The van der Waals surface area contributed by atoms with Crippen molar-refractivity contribution < 1.29 is 14.3 Å². The van der Waals surface area contributed by atoms with E-state index < -0.39 is 10.8 Å². The van der Waals surface area contributed by atoms with Gasteiger partial charge in [-0.2, -0.15) is 10.4 Å². The van der Waals surface area contributed by atoms with Crippen molar-refractivity contribution in [1.82, 2.24) is 9.78 Å². The van der Waals surface area contributed by atoms with E-state index in [4.69, 9.17) is 4.74 Å². The zero-order valence-corrected chi connectivity index (χ0v) is 15.3. The van der Waals surface area contributed by atoms with Crippen molar-refractivity contribution in [2.75, 3.05) is 6.61 Å². The summed E-state index contributed by atoms with van der Waals surface area (Å²) in [4.78, 5) is 25.0. The lowest BCUT2D eigenvalue weighted by molar-refractivity contribution is -0.128. The second kappa shape index (κ2) is 5.55. The topological polar surface area (TPSA) is 85.0 Å². The van der Waals surface area contributed by atoms with Gasteiger partial charge in [0.2, 0.25) is 0 Å². The van der Waals surface area contributed by atoms with Crippen LogP contribution in [0.15, 0.2) is 11.6 Å². The van der Waals surface area contributed by atoms with Gasteiger partial charge in [0.15, 0.2) is 5.78 Å². The first-order valence-corrected chi connectivity index (χ1v) is 8.59. The van der Waals surface area contributed by atoms with E-state index in [0.717, 1.165) is 17.7 Å². The lowest BCUT2D eigenvalue weighted by Gasteiger charge is -2.49. The molecular formula is C19H23N3O3. The van der Waals surface area contributed by atoms with E-state index in [0.29, 0.717) is 18.7 Å². The molecule has 2 unspecified atom stereocenters. The highest BCUT2D eigenvalue weighted by Crippen LogP contribution is 2.54. The van der Waals surface area contributed by atoms with Crippen LogP contribution in [-0.2, 0) is 28.4 Å². The summed E-state index contributed by atoms with van der Waals surface area (Å²) < 4.78 is 6.75. The summed E-state index contributed by atoms with van der Waals surface area (Å²) in [6, 6.07) is 2.05. The molecule has 6 nitrogen and oxygen atoms in total. The van der Waals surface area contributed by atoms with Crippen LogP contribution in [0.1, 0.15) is 55.9 Å². The number of Topliss-reactive ketones (excluding diaryl/α,β-unsaturated/α-hetero) is 1. The molecule has 0 bridgehead atoms. The van der Waals surface area contributed by atoms with Crippen LogP contribution < -0.4 is 0 Å². The average Bonchev–Trinajstić information content (AvgIpc) is 2.89. The predicted molar refractivity (Wildman–Crippen MR) is 90.8 cm³/mol. The van der Waals surface area contributed by atoms with Crippen molar-refractivity contribution in [3.05, 3.63) is 28.6 Å². The monoisotopic (exact) mass is 341 g/mol. The van der Waals surface area contributed by atoms with Crippen molar-refractivity contribution in [3.63, 3.8) is 0 Å². The van der Waals surface area contributed by atoms with Crippen LogP contribution in [0.2, 0.25) is 0 Å². The Morgan fingerprint density at radius 2 is 2.16 bits per heavy atom. The third-order valence-corrected chi connectivity index (χ3v) is 5.80. The highest BCUT2D eigenvalue weighted by molar-refractivity contribution is 6.04. The molecule has 0 saturated heterocycles. The molecule has 0 spiro atoms. The molecule has 0 saturated carbocycles. The minimum atomic E-state index is -0.645. The van der Waals surface area contributed by atoms with Crippen LogP contribution in [0, 0.1) is 22.7 Å². The molecule has 132 valence electrons. The van der Waals surface area contributed by atoms with Gasteiger partial charge in [-0.25, -0.2) is 4.79 Å². The summed E-state index contributed by atoms with van der Waals surface area (Å²) in [6.45, 7) is 7.91. The fourth-order valence-corrected chi connectivity index (χ4v) is 4.68. The normalized spacial score (nSPS) is 27.0. The minimum absolute atomic E-state index is 0.0297. The largest absolute Gasteiger partial charge is 0.461 e. The third kappa shape index (κ3) is 2.25. The van der Waals surface area contributed by atoms with E-state index >= 15 is 0 Å². The first-order valence-electron chi connectivity index (χ1n) is 8.59. The molecule has 3 rings (SSSR count). The molecule has 0 N–H and O–H groups in total. The van der Waals surface area contributed by atoms with Gasteiger partial charge >= 0.3 is 5.97 Å². The zero-order valence-electron chi connectivity index (χ0n) is 15.3. The summed E-state index contributed by atoms with van der Waals surface area (Å²) in [5.41, 5.74) is 1.10. The van der Waals surface area contributed by atoms with Gasteiger partial charge in [0.25, 0.3) is 0 Å². The number of nitriles is 1. The number of hydrogen-bond donors (Lipinski definition) is 0. The standard InChI is InChI=1S/C19H23N3O3/c1-6-25-17(24)14-12-7-8-13-18(2,3)16(23)11(10-20)9-19(13,4)15(12)21-22(14)5/h9,13H,6-8H2,1-5H3. The summed E-state index contributed by atoms with van der Waals surface area (Å²) in [6.07, 6.45) is 3.19. The quantitative estimate of drug-likeness (QED) is 0.772. The van der Waals surface area contributed by atoms with Crippen molar-refractivity contribution in [2.24, 2.45) is 18.4 Å². The third-order valence-electron chi connectivity index (χ3n) is 5.80. The molecule has 0 aliphatic heterocycles. The minimum Gasteiger partial charge on any atom is -0.461 e. The Hall–Kier alpha value is -2.42. The summed E-state index contributed by atoms with van der Waals surface area (Å²) >= 11 is 0. The molecule has 0 aromatic carbocycles. The van der Waals surface area contributed by atoms with E-state index in [1.54, 1.807) is 24.7 Å². The highest BCUT2D eigenvalue weighted by atomic mass is 16.5. The Labute approximate surface area is 147 Å².